The van der Waals surface area contributed by atoms with Gasteiger partial charge in [-0.2, -0.15) is 0 Å². The summed E-state index contributed by atoms with van der Waals surface area (Å²) in [6, 6.07) is 0. The van der Waals surface area contributed by atoms with E-state index in [1.54, 1.807) is 14.0 Å². The first-order valence-electron chi connectivity index (χ1n) is 2.82. The molecule has 0 aliphatic heterocycles. The molecule has 0 amide bonds. The van der Waals surface area contributed by atoms with E-state index in [9.17, 15) is 9.90 Å². The van der Waals surface area contributed by atoms with E-state index in [0.29, 0.717) is 5.69 Å². The summed E-state index contributed by atoms with van der Waals surface area (Å²) in [5.74, 6) is -1.18. The van der Waals surface area contributed by atoms with E-state index in [1.165, 1.54) is 10.9 Å². The van der Waals surface area contributed by atoms with Gasteiger partial charge in [-0.3, -0.25) is 0 Å². The largest absolute Gasteiger partial charge is 1.00 e. The molecule has 1 aromatic rings. The van der Waals surface area contributed by atoms with E-state index < -0.39 is 5.97 Å². The topological polar surface area (TPSA) is 58.0 Å². The number of aromatic carboxylic acids is 1. The average molecular weight is 162 g/mol. The minimum Gasteiger partial charge on any atom is -0.543 e. The van der Waals surface area contributed by atoms with Gasteiger partial charge in [-0.15, -0.1) is 0 Å². The van der Waals surface area contributed by atoms with Crippen LogP contribution < -0.4 is 34.7 Å². The van der Waals surface area contributed by atoms with Crippen LogP contribution in [0.25, 0.3) is 0 Å². The van der Waals surface area contributed by atoms with Crippen LogP contribution in [-0.2, 0) is 7.05 Å². The molecule has 1 aromatic heterocycles. The monoisotopic (exact) mass is 162 g/mol. The molecule has 54 valence electrons. The summed E-state index contributed by atoms with van der Waals surface area (Å²) in [4.78, 5) is 14.1. The number of hydrogen-bond acceptors (Lipinski definition) is 3. The summed E-state index contributed by atoms with van der Waals surface area (Å²) >= 11 is 0. The molecule has 1 heterocycles. The van der Waals surface area contributed by atoms with Crippen molar-refractivity contribution >= 4 is 5.97 Å². The molecular weight excluding hydrogens is 155 g/mol. The summed E-state index contributed by atoms with van der Waals surface area (Å²) < 4.78 is 1.42. The van der Waals surface area contributed by atoms with Crippen molar-refractivity contribution < 1.29 is 39.5 Å². The van der Waals surface area contributed by atoms with Crippen LogP contribution in [0.2, 0.25) is 0 Å². The van der Waals surface area contributed by atoms with Gasteiger partial charge >= 0.3 is 29.6 Å². The van der Waals surface area contributed by atoms with Gasteiger partial charge in [-0.25, -0.2) is 4.98 Å². The Kier molecular flexibility index (Phi) is 3.78. The van der Waals surface area contributed by atoms with Gasteiger partial charge in [0, 0.05) is 7.05 Å². The van der Waals surface area contributed by atoms with Crippen molar-refractivity contribution in [2.45, 2.75) is 6.92 Å². The fourth-order valence-electron chi connectivity index (χ4n) is 0.839. The van der Waals surface area contributed by atoms with Crippen molar-refractivity contribution in [3.8, 4) is 0 Å². The molecule has 0 bridgehead atoms. The Morgan fingerprint density at radius 3 is 2.45 bits per heavy atom. The molecule has 0 radical (unpaired) electrons. The molecule has 5 heteroatoms. The van der Waals surface area contributed by atoms with Crippen molar-refractivity contribution in [1.82, 2.24) is 9.55 Å². The van der Waals surface area contributed by atoms with Crippen LogP contribution in [0, 0.1) is 6.92 Å². The van der Waals surface area contributed by atoms with Gasteiger partial charge in [0.25, 0.3) is 0 Å². The molecule has 1 rings (SSSR count). The first kappa shape index (κ1) is 10.7. The summed E-state index contributed by atoms with van der Waals surface area (Å²) in [5, 5.41) is 10.3. The van der Waals surface area contributed by atoms with Crippen LogP contribution in [-0.4, -0.2) is 15.5 Å². The third-order valence-electron chi connectivity index (χ3n) is 1.31. The number of imidazole rings is 1. The van der Waals surface area contributed by atoms with Crippen LogP contribution >= 0.6 is 0 Å². The zero-order chi connectivity index (χ0) is 7.72. The number of carboxylic acids is 1. The second kappa shape index (κ2) is 3.90. The van der Waals surface area contributed by atoms with E-state index in [0.717, 1.165) is 0 Å². The molecule has 0 unspecified atom stereocenters. The Morgan fingerprint density at radius 1 is 1.73 bits per heavy atom. The zero-order valence-electron chi connectivity index (χ0n) is 6.79. The predicted octanol–water partition coefficient (Wildman–Crippen LogP) is -3.90. The molecular formula is C6H7N2NaO2. The number of carboxylic acid groups (broad SMARTS) is 1. The van der Waals surface area contributed by atoms with Crippen LogP contribution in [0.5, 0.6) is 0 Å². The fraction of sp³-hybridized carbons (Fsp3) is 0.333. The number of hydrogen-bond donors (Lipinski definition) is 0. The molecule has 0 saturated heterocycles. The summed E-state index contributed by atoms with van der Waals surface area (Å²) in [5.41, 5.74) is 0.627. The van der Waals surface area contributed by atoms with Crippen molar-refractivity contribution in [2.24, 2.45) is 7.05 Å². The van der Waals surface area contributed by atoms with E-state index >= 15 is 0 Å². The van der Waals surface area contributed by atoms with Crippen molar-refractivity contribution in [3.63, 3.8) is 0 Å². The average Bonchev–Trinajstić information content (AvgIpc) is 2.11. The SMILES string of the molecule is Cc1ncn(C)c1C(=O)[O-].[Na+]. The maximum atomic E-state index is 10.3. The number of nitrogens with zero attached hydrogens (tertiary/aromatic N) is 2. The van der Waals surface area contributed by atoms with Crippen molar-refractivity contribution in [2.75, 3.05) is 0 Å². The molecule has 0 aliphatic rings. The summed E-state index contributed by atoms with van der Waals surface area (Å²) in [6.45, 7) is 1.63. The van der Waals surface area contributed by atoms with Crippen LogP contribution in [0.15, 0.2) is 6.33 Å². The standard InChI is InChI=1S/C6H8N2O2.Na/c1-4-5(6(9)10)8(2)3-7-4;/h3H,1-2H3,(H,9,10);/q;+1/p-1. The Morgan fingerprint density at radius 2 is 2.27 bits per heavy atom. The molecule has 0 aromatic carbocycles. The smallest absolute Gasteiger partial charge is 0.543 e. The molecule has 4 nitrogen and oxygen atoms in total. The van der Waals surface area contributed by atoms with E-state index in [2.05, 4.69) is 4.98 Å². The normalized spacial score (nSPS) is 8.91. The van der Waals surface area contributed by atoms with Gasteiger partial charge in [0.1, 0.15) is 0 Å². The first-order valence-corrected chi connectivity index (χ1v) is 2.82. The Balaban J connectivity index is 0.000001000. The summed E-state index contributed by atoms with van der Waals surface area (Å²) in [7, 11) is 1.62. The van der Waals surface area contributed by atoms with Crippen LogP contribution in [0.3, 0.4) is 0 Å². The maximum absolute atomic E-state index is 10.3. The van der Waals surface area contributed by atoms with Gasteiger partial charge in [-0.1, -0.05) is 0 Å². The molecule has 11 heavy (non-hydrogen) atoms. The van der Waals surface area contributed by atoms with Gasteiger partial charge in [0.2, 0.25) is 0 Å². The number of aromatic nitrogens is 2. The predicted molar refractivity (Wildman–Crippen MR) is 32.3 cm³/mol. The van der Waals surface area contributed by atoms with Gasteiger partial charge < -0.3 is 14.5 Å². The quantitative estimate of drug-likeness (QED) is 0.396. The third-order valence-corrected chi connectivity index (χ3v) is 1.31. The number of rotatable bonds is 1. The minimum atomic E-state index is -1.18. The first-order chi connectivity index (χ1) is 4.63. The van der Waals surface area contributed by atoms with Crippen molar-refractivity contribution in [3.05, 3.63) is 17.7 Å². The second-order valence-electron chi connectivity index (χ2n) is 2.08. The molecule has 0 fully saturated rings. The number of carbonyl (C=O) groups excluding carboxylic acids is 1. The Labute approximate surface area is 86.5 Å². The van der Waals surface area contributed by atoms with E-state index in [1.807, 2.05) is 0 Å². The molecule has 0 spiro atoms. The maximum Gasteiger partial charge on any atom is 1.00 e. The Bertz CT molecular complexity index is 250. The second-order valence-corrected chi connectivity index (χ2v) is 2.08. The Hall–Kier alpha value is -0.320. The van der Waals surface area contributed by atoms with E-state index in [4.69, 9.17) is 0 Å². The van der Waals surface area contributed by atoms with Crippen LogP contribution in [0.1, 0.15) is 16.2 Å². The fourth-order valence-corrected chi connectivity index (χ4v) is 0.839. The third kappa shape index (κ3) is 2.05. The van der Waals surface area contributed by atoms with Crippen molar-refractivity contribution in [1.29, 1.82) is 0 Å². The molecule has 0 aliphatic carbocycles. The van der Waals surface area contributed by atoms with E-state index in [-0.39, 0.29) is 35.3 Å². The van der Waals surface area contributed by atoms with Gasteiger partial charge in [0.05, 0.1) is 23.7 Å². The van der Waals surface area contributed by atoms with Crippen LogP contribution in [0.4, 0.5) is 0 Å². The molecule has 0 saturated carbocycles. The summed E-state index contributed by atoms with van der Waals surface area (Å²) in [6.07, 6.45) is 1.44. The molecule has 0 atom stereocenters. The van der Waals surface area contributed by atoms with Gasteiger partial charge in [0.15, 0.2) is 0 Å². The zero-order valence-corrected chi connectivity index (χ0v) is 8.79. The molecule has 0 N–H and O–H groups in total. The minimum absolute atomic E-state index is 0. The number of carbonyl (C=O) groups is 1. The number of aryl methyl sites for hydroxylation is 2. The van der Waals surface area contributed by atoms with Gasteiger partial charge in [-0.05, 0) is 6.92 Å².